The largest absolute Gasteiger partial charge is 0.345 e. The van der Waals surface area contributed by atoms with E-state index in [1.807, 2.05) is 7.05 Å². The maximum Gasteiger partial charge on any atom is 0.345 e. The van der Waals surface area contributed by atoms with Gasteiger partial charge in [0, 0.05) is 6.42 Å². The average molecular weight is 142 g/mol. The van der Waals surface area contributed by atoms with Crippen LogP contribution >= 0.6 is 0 Å². The number of hydrogen-bond donors (Lipinski definition) is 2. The summed E-state index contributed by atoms with van der Waals surface area (Å²) in [7, 11) is 1.95. The molecular weight excluding hydrogens is 126 g/mol. The van der Waals surface area contributed by atoms with Crippen molar-refractivity contribution in [3.8, 4) is 0 Å². The summed E-state index contributed by atoms with van der Waals surface area (Å²) in [5.41, 5.74) is 0. The van der Waals surface area contributed by atoms with E-state index in [0.29, 0.717) is 0 Å². The molecule has 0 radical (unpaired) electrons. The minimum Gasteiger partial charge on any atom is -0.281 e. The fourth-order valence-corrected chi connectivity index (χ4v) is 1.26. The molecule has 1 aliphatic heterocycles. The van der Waals surface area contributed by atoms with E-state index in [1.54, 1.807) is 0 Å². The molecule has 3 nitrogen and oxygen atoms in total. The average Bonchev–Trinajstić information content (AvgIpc) is 2.04. The molecule has 0 saturated heterocycles. The second-order valence-electron chi connectivity index (χ2n) is 2.46. The van der Waals surface area contributed by atoms with Crippen LogP contribution in [0.3, 0.4) is 0 Å². The molecule has 0 aromatic rings. The lowest BCUT2D eigenvalue weighted by Crippen LogP contribution is -2.47. The Balaban J connectivity index is 2.63. The summed E-state index contributed by atoms with van der Waals surface area (Å²) in [6, 6.07) is 0. The van der Waals surface area contributed by atoms with Crippen molar-refractivity contribution < 1.29 is 4.58 Å². The SMILES string of the molecule is CC[N+]1=C(NC)NCCC1. The van der Waals surface area contributed by atoms with E-state index in [9.17, 15) is 0 Å². The van der Waals surface area contributed by atoms with Crippen molar-refractivity contribution in [3.05, 3.63) is 0 Å². The van der Waals surface area contributed by atoms with Crippen LogP contribution in [0.1, 0.15) is 13.3 Å². The molecule has 2 N–H and O–H groups in total. The first-order valence-corrected chi connectivity index (χ1v) is 3.92. The van der Waals surface area contributed by atoms with Crippen LogP contribution in [0.4, 0.5) is 0 Å². The monoisotopic (exact) mass is 142 g/mol. The van der Waals surface area contributed by atoms with Gasteiger partial charge in [-0.3, -0.25) is 15.2 Å². The zero-order chi connectivity index (χ0) is 7.40. The van der Waals surface area contributed by atoms with Gasteiger partial charge < -0.3 is 0 Å². The molecule has 0 fully saturated rings. The van der Waals surface area contributed by atoms with Crippen LogP contribution in [0.2, 0.25) is 0 Å². The summed E-state index contributed by atoms with van der Waals surface area (Å²) in [5.74, 6) is 1.17. The van der Waals surface area contributed by atoms with Gasteiger partial charge in [0.1, 0.15) is 0 Å². The lowest BCUT2D eigenvalue weighted by atomic mass is 10.3. The maximum absolute atomic E-state index is 3.30. The molecule has 0 unspecified atom stereocenters. The summed E-state index contributed by atoms with van der Waals surface area (Å²) in [5, 5.41) is 6.44. The van der Waals surface area contributed by atoms with Crippen LogP contribution in [-0.2, 0) is 0 Å². The highest BCUT2D eigenvalue weighted by Gasteiger charge is 2.13. The van der Waals surface area contributed by atoms with Crippen LogP contribution < -0.4 is 10.6 Å². The lowest BCUT2D eigenvalue weighted by molar-refractivity contribution is -0.532. The molecule has 1 rings (SSSR count). The second kappa shape index (κ2) is 3.44. The number of nitrogens with zero attached hydrogens (tertiary/aromatic N) is 1. The number of rotatable bonds is 1. The van der Waals surface area contributed by atoms with E-state index >= 15 is 0 Å². The molecule has 1 heterocycles. The topological polar surface area (TPSA) is 27.1 Å². The highest BCUT2D eigenvalue weighted by molar-refractivity contribution is 5.74. The van der Waals surface area contributed by atoms with Gasteiger partial charge >= 0.3 is 5.96 Å². The van der Waals surface area contributed by atoms with E-state index in [-0.39, 0.29) is 0 Å². The molecule has 1 aliphatic rings. The summed E-state index contributed by atoms with van der Waals surface area (Å²) < 4.78 is 2.31. The molecule has 0 amide bonds. The number of guanidine groups is 1. The number of hydrogen-bond acceptors (Lipinski definition) is 2. The van der Waals surface area contributed by atoms with Gasteiger partial charge in [-0.1, -0.05) is 0 Å². The molecule has 0 spiro atoms. The second-order valence-corrected chi connectivity index (χ2v) is 2.46. The quantitative estimate of drug-likeness (QED) is 0.487. The molecular formula is C7H16N3+. The Morgan fingerprint density at radius 3 is 3.00 bits per heavy atom. The Morgan fingerprint density at radius 1 is 1.70 bits per heavy atom. The summed E-state index contributed by atoms with van der Waals surface area (Å²) in [4.78, 5) is 0. The van der Waals surface area contributed by atoms with Gasteiger partial charge in [-0.05, 0) is 6.92 Å². The summed E-state index contributed by atoms with van der Waals surface area (Å²) >= 11 is 0. The van der Waals surface area contributed by atoms with E-state index < -0.39 is 0 Å². The molecule has 0 bridgehead atoms. The zero-order valence-corrected chi connectivity index (χ0v) is 6.78. The first-order chi connectivity index (χ1) is 4.88. The Bertz CT molecular complexity index is 124. The smallest absolute Gasteiger partial charge is 0.281 e. The molecule has 0 aromatic heterocycles. The zero-order valence-electron chi connectivity index (χ0n) is 6.78. The van der Waals surface area contributed by atoms with Crippen molar-refractivity contribution in [2.75, 3.05) is 26.7 Å². The van der Waals surface area contributed by atoms with E-state index in [2.05, 4.69) is 22.1 Å². The fraction of sp³-hybridized carbons (Fsp3) is 0.857. The Kier molecular flexibility index (Phi) is 2.54. The molecule has 10 heavy (non-hydrogen) atoms. The molecule has 0 aromatic carbocycles. The van der Waals surface area contributed by atoms with Crippen molar-refractivity contribution in [3.63, 3.8) is 0 Å². The van der Waals surface area contributed by atoms with Crippen LogP contribution in [0, 0.1) is 0 Å². The van der Waals surface area contributed by atoms with Gasteiger partial charge in [0.25, 0.3) is 0 Å². The van der Waals surface area contributed by atoms with Crippen molar-refractivity contribution in [2.24, 2.45) is 0 Å². The molecule has 0 atom stereocenters. The Morgan fingerprint density at radius 2 is 2.50 bits per heavy atom. The van der Waals surface area contributed by atoms with Crippen LogP contribution in [0.25, 0.3) is 0 Å². The van der Waals surface area contributed by atoms with E-state index in [4.69, 9.17) is 0 Å². The van der Waals surface area contributed by atoms with Crippen molar-refractivity contribution in [1.29, 1.82) is 0 Å². The van der Waals surface area contributed by atoms with Gasteiger partial charge in [0.15, 0.2) is 0 Å². The third kappa shape index (κ3) is 1.40. The van der Waals surface area contributed by atoms with Crippen LogP contribution in [-0.4, -0.2) is 37.2 Å². The standard InChI is InChI=1S/C7H15N3/c1-3-10-6-4-5-9-7(10)8-2/h3-6H2,1-2H3,(H,8,9)/p+1. The molecule has 0 saturated carbocycles. The predicted molar refractivity (Wildman–Crippen MR) is 42.4 cm³/mol. The highest BCUT2D eigenvalue weighted by Crippen LogP contribution is 1.87. The van der Waals surface area contributed by atoms with Gasteiger partial charge in [0.05, 0.1) is 26.7 Å². The van der Waals surface area contributed by atoms with E-state index in [0.717, 1.165) is 13.1 Å². The Hall–Kier alpha value is -0.730. The summed E-state index contributed by atoms with van der Waals surface area (Å²) in [6.45, 7) is 5.54. The number of nitrogens with one attached hydrogen (secondary N) is 2. The van der Waals surface area contributed by atoms with E-state index in [1.165, 1.54) is 18.9 Å². The van der Waals surface area contributed by atoms with Crippen LogP contribution in [0.5, 0.6) is 0 Å². The minimum absolute atomic E-state index is 1.09. The van der Waals surface area contributed by atoms with Crippen molar-refractivity contribution in [2.45, 2.75) is 13.3 Å². The Labute approximate surface area is 62.1 Å². The first kappa shape index (κ1) is 7.38. The van der Waals surface area contributed by atoms with Gasteiger partial charge in [-0.25, -0.2) is 0 Å². The normalized spacial score (nSPS) is 18.6. The fourth-order valence-electron chi connectivity index (χ4n) is 1.26. The lowest BCUT2D eigenvalue weighted by Gasteiger charge is -2.15. The van der Waals surface area contributed by atoms with Gasteiger partial charge in [-0.15, -0.1) is 0 Å². The van der Waals surface area contributed by atoms with Crippen LogP contribution in [0.15, 0.2) is 0 Å². The van der Waals surface area contributed by atoms with Crippen molar-refractivity contribution >= 4 is 5.96 Å². The molecule has 58 valence electrons. The molecule has 3 heteroatoms. The highest BCUT2D eigenvalue weighted by atomic mass is 15.2. The maximum atomic E-state index is 3.30. The van der Waals surface area contributed by atoms with Gasteiger partial charge in [0.2, 0.25) is 0 Å². The summed E-state index contributed by atoms with van der Waals surface area (Å²) in [6.07, 6.45) is 1.25. The predicted octanol–water partition coefficient (Wildman–Crippen LogP) is -0.412. The third-order valence-electron chi connectivity index (χ3n) is 1.83. The van der Waals surface area contributed by atoms with Crippen molar-refractivity contribution in [1.82, 2.24) is 10.6 Å². The van der Waals surface area contributed by atoms with Gasteiger partial charge in [-0.2, -0.15) is 0 Å². The minimum atomic E-state index is 1.09. The molecule has 0 aliphatic carbocycles. The third-order valence-corrected chi connectivity index (χ3v) is 1.83. The first-order valence-electron chi connectivity index (χ1n) is 3.92.